The number of rotatable bonds is 21. The zero-order valence-corrected chi connectivity index (χ0v) is 33.1. The molecule has 13 nitrogen and oxygen atoms in total. The van der Waals surface area contributed by atoms with E-state index in [0.717, 1.165) is 12.1 Å². The van der Waals surface area contributed by atoms with E-state index in [-0.39, 0.29) is 53.9 Å². The van der Waals surface area contributed by atoms with Crippen molar-refractivity contribution in [2.75, 3.05) is 48.5 Å². The van der Waals surface area contributed by atoms with Crippen LogP contribution in [0.3, 0.4) is 0 Å². The van der Waals surface area contributed by atoms with Crippen LogP contribution in [0.1, 0.15) is 73.4 Å². The van der Waals surface area contributed by atoms with Crippen LogP contribution in [0.2, 0.25) is 0 Å². The third kappa shape index (κ3) is 11.9. The summed E-state index contributed by atoms with van der Waals surface area (Å²) in [4.78, 5) is 62.6. The normalized spacial score (nSPS) is 20.3. The van der Waals surface area contributed by atoms with Gasteiger partial charge < -0.3 is 40.0 Å². The Balaban J connectivity index is 2.28. The quantitative estimate of drug-likeness (QED) is 0.174. The molecule has 1 aromatic heterocycles. The molecule has 9 atom stereocenters. The Morgan fingerprint density at radius 1 is 0.980 bits per heavy atom. The third-order valence-corrected chi connectivity index (χ3v) is 10.5. The molecule has 1 saturated heterocycles. The monoisotopic (exact) mass is 718 g/mol. The van der Waals surface area contributed by atoms with E-state index in [1.54, 1.807) is 51.4 Å². The summed E-state index contributed by atoms with van der Waals surface area (Å²) in [7, 11) is 8.20. The molecule has 0 bridgehead atoms. The van der Waals surface area contributed by atoms with Gasteiger partial charge in [0.05, 0.1) is 48.8 Å². The maximum absolute atomic E-state index is 14.3. The van der Waals surface area contributed by atoms with Crippen LogP contribution in [-0.4, -0.2) is 129 Å². The minimum atomic E-state index is -0.763. The second-order valence-electron chi connectivity index (χ2n) is 14.6. The van der Waals surface area contributed by atoms with Gasteiger partial charge in [0.2, 0.25) is 23.6 Å². The molecule has 0 saturated carbocycles. The Labute approximate surface area is 306 Å². The highest BCUT2D eigenvalue weighted by Gasteiger charge is 2.45. The standard InChI is InChI=1S/C38H66N6O7/c1-13-25(6)34(43(9)38(48)33(24(4)5)42-37(47)32(39-8)23(2)3)30(50-11)21-31(45)44-22-28(49-10)20-29(44)35(51-12)26(7)36(46)41-19-17-27-16-14-15-18-40-27/h14-16,18,23-26,28-30,32-35,39H,13,17,19-22H2,1-12H3,(H,41,46)(H,42,47)/t25?,26-,28-,29+,30+,32+,33+,34+,35-/m1/s1. The number of hydrogen-bond donors (Lipinski definition) is 3. The van der Waals surface area contributed by atoms with Crippen LogP contribution in [0.5, 0.6) is 0 Å². The van der Waals surface area contributed by atoms with E-state index in [0.29, 0.717) is 25.9 Å². The van der Waals surface area contributed by atoms with Crippen molar-refractivity contribution in [3.8, 4) is 0 Å². The van der Waals surface area contributed by atoms with Crippen LogP contribution in [0.25, 0.3) is 0 Å². The van der Waals surface area contributed by atoms with Crippen LogP contribution in [0.4, 0.5) is 0 Å². The van der Waals surface area contributed by atoms with Crippen LogP contribution in [0, 0.1) is 23.7 Å². The van der Waals surface area contributed by atoms with E-state index in [4.69, 9.17) is 14.2 Å². The molecule has 3 N–H and O–H groups in total. The zero-order chi connectivity index (χ0) is 38.4. The van der Waals surface area contributed by atoms with E-state index >= 15 is 0 Å². The number of carbonyl (C=O) groups is 4. The average molecular weight is 719 g/mol. The van der Waals surface area contributed by atoms with Gasteiger partial charge in [-0.2, -0.15) is 0 Å². The molecule has 2 rings (SSSR count). The number of likely N-dealkylation sites (N-methyl/N-ethyl adjacent to an activating group) is 2. The lowest BCUT2D eigenvalue weighted by molar-refractivity contribution is -0.147. The molecular weight excluding hydrogens is 652 g/mol. The molecule has 0 radical (unpaired) electrons. The number of amides is 4. The average Bonchev–Trinajstić information content (AvgIpc) is 3.54. The SMILES string of the molecule is CCC(C)[C@@H]([C@H](CC(=O)N1C[C@H](OC)C[C@H]1[C@H](OC)[C@@H](C)C(=O)NCCc1ccccn1)OC)N(C)C(=O)[C@@H](NC(=O)[C@@H](NC)C(C)C)C(C)C. The number of hydrogen-bond acceptors (Lipinski definition) is 9. The van der Waals surface area contributed by atoms with Crippen LogP contribution >= 0.6 is 0 Å². The van der Waals surface area contributed by atoms with Gasteiger partial charge in [0, 0.05) is 59.8 Å². The highest BCUT2D eigenvalue weighted by atomic mass is 16.5. The van der Waals surface area contributed by atoms with Crippen LogP contribution < -0.4 is 16.0 Å². The van der Waals surface area contributed by atoms with Gasteiger partial charge in [-0.05, 0) is 43.4 Å². The molecule has 1 aromatic rings. The Morgan fingerprint density at radius 3 is 2.16 bits per heavy atom. The smallest absolute Gasteiger partial charge is 0.245 e. The van der Waals surface area contributed by atoms with E-state index in [2.05, 4.69) is 20.9 Å². The van der Waals surface area contributed by atoms with E-state index in [1.807, 2.05) is 66.7 Å². The number of ether oxygens (including phenoxy) is 3. The van der Waals surface area contributed by atoms with Crippen molar-refractivity contribution in [2.45, 2.75) is 117 Å². The summed E-state index contributed by atoms with van der Waals surface area (Å²) in [6.45, 7) is 14.4. The van der Waals surface area contributed by atoms with Crippen molar-refractivity contribution in [1.82, 2.24) is 30.7 Å². The molecule has 2 heterocycles. The minimum Gasteiger partial charge on any atom is -0.380 e. The van der Waals surface area contributed by atoms with Gasteiger partial charge in [-0.1, -0.05) is 61.0 Å². The molecule has 1 unspecified atom stereocenters. The van der Waals surface area contributed by atoms with Gasteiger partial charge >= 0.3 is 0 Å². The first-order valence-corrected chi connectivity index (χ1v) is 18.5. The summed E-state index contributed by atoms with van der Waals surface area (Å²) in [5.74, 6) is -1.53. The molecule has 51 heavy (non-hydrogen) atoms. The number of pyridine rings is 1. The summed E-state index contributed by atoms with van der Waals surface area (Å²) in [6.07, 6.45) is 2.13. The van der Waals surface area contributed by atoms with Crippen LogP contribution in [-0.2, 0) is 39.8 Å². The molecule has 0 spiro atoms. The first kappa shape index (κ1) is 44.0. The first-order valence-electron chi connectivity index (χ1n) is 18.5. The molecule has 1 aliphatic rings. The Morgan fingerprint density at radius 2 is 1.65 bits per heavy atom. The highest BCUT2D eigenvalue weighted by Crippen LogP contribution is 2.30. The number of carbonyl (C=O) groups excluding carboxylic acids is 4. The predicted octanol–water partition coefficient (Wildman–Crippen LogP) is 2.67. The second-order valence-corrected chi connectivity index (χ2v) is 14.6. The van der Waals surface area contributed by atoms with Crippen molar-refractivity contribution in [3.05, 3.63) is 30.1 Å². The Kier molecular flexibility index (Phi) is 18.5. The summed E-state index contributed by atoms with van der Waals surface area (Å²) in [5.41, 5.74) is 0.887. The fourth-order valence-corrected chi connectivity index (χ4v) is 7.22. The summed E-state index contributed by atoms with van der Waals surface area (Å²) in [6, 6.07) is 3.61. The van der Waals surface area contributed by atoms with Crippen molar-refractivity contribution in [1.29, 1.82) is 0 Å². The molecular formula is C38H66N6O7. The molecule has 0 aliphatic carbocycles. The fourth-order valence-electron chi connectivity index (χ4n) is 7.22. The van der Waals surface area contributed by atoms with Crippen molar-refractivity contribution in [2.24, 2.45) is 23.7 Å². The van der Waals surface area contributed by atoms with Gasteiger partial charge in [-0.3, -0.25) is 24.2 Å². The lowest BCUT2D eigenvalue weighted by Gasteiger charge is -2.41. The van der Waals surface area contributed by atoms with Gasteiger partial charge in [-0.15, -0.1) is 0 Å². The maximum atomic E-state index is 14.3. The number of methoxy groups -OCH3 is 3. The first-order chi connectivity index (χ1) is 24.2. The topological polar surface area (TPSA) is 151 Å². The van der Waals surface area contributed by atoms with E-state index in [1.165, 1.54) is 0 Å². The molecule has 0 aromatic carbocycles. The predicted molar refractivity (Wildman–Crippen MR) is 198 cm³/mol. The Bertz CT molecular complexity index is 1230. The largest absolute Gasteiger partial charge is 0.380 e. The third-order valence-electron chi connectivity index (χ3n) is 10.5. The lowest BCUT2D eigenvalue weighted by Crippen LogP contribution is -2.59. The van der Waals surface area contributed by atoms with Gasteiger partial charge in [0.1, 0.15) is 6.04 Å². The van der Waals surface area contributed by atoms with Gasteiger partial charge in [-0.25, -0.2) is 0 Å². The number of aromatic nitrogens is 1. The van der Waals surface area contributed by atoms with Crippen molar-refractivity contribution in [3.63, 3.8) is 0 Å². The number of nitrogens with one attached hydrogen (secondary N) is 3. The van der Waals surface area contributed by atoms with Crippen LogP contribution in [0.15, 0.2) is 24.4 Å². The maximum Gasteiger partial charge on any atom is 0.245 e. The molecule has 1 aliphatic heterocycles. The molecule has 290 valence electrons. The minimum absolute atomic E-state index is 0.00499. The molecule has 1 fully saturated rings. The number of nitrogens with zero attached hydrogens (tertiary/aromatic N) is 3. The van der Waals surface area contributed by atoms with Crippen molar-refractivity contribution >= 4 is 23.6 Å². The van der Waals surface area contributed by atoms with E-state index < -0.39 is 42.3 Å². The van der Waals surface area contributed by atoms with E-state index in [9.17, 15) is 19.2 Å². The summed E-state index contributed by atoms with van der Waals surface area (Å²) < 4.78 is 17.7. The lowest BCUT2D eigenvalue weighted by atomic mass is 9.89. The highest BCUT2D eigenvalue weighted by molar-refractivity contribution is 5.90. The molecule has 13 heteroatoms. The van der Waals surface area contributed by atoms with Gasteiger partial charge in [0.15, 0.2) is 0 Å². The number of likely N-dealkylation sites (tertiary alicyclic amines) is 1. The Hall–Kier alpha value is -3.13. The fraction of sp³-hybridized carbons (Fsp3) is 0.763. The van der Waals surface area contributed by atoms with Crippen molar-refractivity contribution < 1.29 is 33.4 Å². The van der Waals surface area contributed by atoms with Gasteiger partial charge in [0.25, 0.3) is 0 Å². The summed E-state index contributed by atoms with van der Waals surface area (Å²) in [5, 5.41) is 9.04. The zero-order valence-electron chi connectivity index (χ0n) is 33.1. The molecule has 4 amide bonds. The summed E-state index contributed by atoms with van der Waals surface area (Å²) >= 11 is 0. The second kappa shape index (κ2) is 21.4.